The molecular formula is C23H27N5O3S. The third-order valence-electron chi connectivity index (χ3n) is 5.41. The number of carbonyl (C=O) groups is 3. The fraction of sp³-hybridized carbons (Fsp3) is 0.478. The van der Waals surface area contributed by atoms with E-state index in [1.807, 2.05) is 11.8 Å². The van der Waals surface area contributed by atoms with E-state index in [9.17, 15) is 14.4 Å². The Morgan fingerprint density at radius 3 is 2.66 bits per heavy atom. The zero-order chi connectivity index (χ0) is 22.8. The minimum Gasteiger partial charge on any atom is -0.356 e. The van der Waals surface area contributed by atoms with Crippen molar-refractivity contribution in [2.75, 3.05) is 17.6 Å². The van der Waals surface area contributed by atoms with Crippen LogP contribution in [-0.4, -0.2) is 47.5 Å². The van der Waals surface area contributed by atoms with Gasteiger partial charge in [0.1, 0.15) is 0 Å². The van der Waals surface area contributed by atoms with E-state index in [4.69, 9.17) is 5.26 Å². The first kappa shape index (κ1) is 23.5. The molecule has 168 valence electrons. The number of hydrogen-bond donors (Lipinski definition) is 4. The summed E-state index contributed by atoms with van der Waals surface area (Å²) in [5, 5.41) is 20.5. The van der Waals surface area contributed by atoms with Crippen molar-refractivity contribution < 1.29 is 14.4 Å². The van der Waals surface area contributed by atoms with Gasteiger partial charge in [-0.1, -0.05) is 12.3 Å². The Hall–Kier alpha value is -3.17. The van der Waals surface area contributed by atoms with Crippen LogP contribution in [0.1, 0.15) is 44.1 Å². The maximum Gasteiger partial charge on any atom is 0.315 e. The summed E-state index contributed by atoms with van der Waals surface area (Å²) in [6.07, 6.45) is 4.12. The summed E-state index contributed by atoms with van der Waals surface area (Å²) in [5.74, 6) is 5.85. The fourth-order valence-electron chi connectivity index (χ4n) is 3.80. The quantitative estimate of drug-likeness (QED) is 0.246. The molecular weight excluding hydrogens is 426 g/mol. The number of fused-ring (bicyclic) bond motifs is 1. The molecule has 2 aliphatic rings. The molecule has 2 heterocycles. The molecule has 0 saturated carbocycles. The van der Waals surface area contributed by atoms with Crippen molar-refractivity contribution in [3.8, 4) is 17.9 Å². The third-order valence-corrected chi connectivity index (χ3v) is 6.92. The van der Waals surface area contributed by atoms with E-state index in [0.717, 1.165) is 25.0 Å². The number of thioether (sulfide) groups is 1. The predicted octanol–water partition coefficient (Wildman–Crippen LogP) is 2.12. The largest absolute Gasteiger partial charge is 0.356 e. The number of urea groups is 1. The van der Waals surface area contributed by atoms with E-state index in [1.165, 1.54) is 0 Å². The molecule has 0 unspecified atom stereocenters. The second-order valence-corrected chi connectivity index (χ2v) is 9.08. The lowest BCUT2D eigenvalue weighted by atomic mass is 10.0. The summed E-state index contributed by atoms with van der Waals surface area (Å²) in [6, 6.07) is 9.09. The highest BCUT2D eigenvalue weighted by atomic mass is 32.2. The van der Waals surface area contributed by atoms with Crippen molar-refractivity contribution in [3.05, 3.63) is 29.8 Å². The normalized spacial score (nSPS) is 20.7. The van der Waals surface area contributed by atoms with Gasteiger partial charge in [-0.3, -0.25) is 9.59 Å². The van der Waals surface area contributed by atoms with Crippen molar-refractivity contribution in [1.29, 1.82) is 5.26 Å². The Bertz CT molecular complexity index is 932. The first-order valence-electron chi connectivity index (χ1n) is 10.8. The monoisotopic (exact) mass is 453 g/mol. The van der Waals surface area contributed by atoms with Gasteiger partial charge in [-0.05, 0) is 43.5 Å². The van der Waals surface area contributed by atoms with Crippen LogP contribution in [-0.2, 0) is 9.59 Å². The Morgan fingerprint density at radius 2 is 1.88 bits per heavy atom. The lowest BCUT2D eigenvalue weighted by Gasteiger charge is -2.16. The number of nitrogens with one attached hydrogen (secondary N) is 4. The van der Waals surface area contributed by atoms with E-state index >= 15 is 0 Å². The average Bonchev–Trinajstić information content (AvgIpc) is 3.33. The molecule has 3 atom stereocenters. The zero-order valence-corrected chi connectivity index (χ0v) is 18.6. The van der Waals surface area contributed by atoms with Crippen molar-refractivity contribution in [2.45, 2.75) is 55.9 Å². The topological polar surface area (TPSA) is 123 Å². The number of hydrogen-bond acceptors (Lipinski definition) is 5. The molecule has 0 aliphatic carbocycles. The van der Waals surface area contributed by atoms with E-state index in [-0.39, 0.29) is 29.9 Å². The Balaban J connectivity index is 1.22. The fourth-order valence-corrected chi connectivity index (χ4v) is 5.34. The summed E-state index contributed by atoms with van der Waals surface area (Å²) in [7, 11) is 0. The van der Waals surface area contributed by atoms with Gasteiger partial charge in [0.25, 0.3) is 0 Å². The molecule has 4 amide bonds. The van der Waals surface area contributed by atoms with Crippen LogP contribution in [0.5, 0.6) is 0 Å². The molecule has 4 N–H and O–H groups in total. The lowest BCUT2D eigenvalue weighted by molar-refractivity contribution is -0.121. The van der Waals surface area contributed by atoms with Crippen LogP contribution in [0.2, 0.25) is 0 Å². The van der Waals surface area contributed by atoms with Gasteiger partial charge in [0.15, 0.2) is 6.07 Å². The molecule has 3 rings (SSSR count). The number of anilines is 1. The molecule has 2 aliphatic heterocycles. The van der Waals surface area contributed by atoms with Gasteiger partial charge in [0, 0.05) is 47.6 Å². The maximum atomic E-state index is 12.0. The van der Waals surface area contributed by atoms with Crippen LogP contribution in [0, 0.1) is 23.2 Å². The van der Waals surface area contributed by atoms with Gasteiger partial charge in [-0.25, -0.2) is 4.79 Å². The number of benzene rings is 1. The number of amides is 4. The third kappa shape index (κ3) is 7.21. The summed E-state index contributed by atoms with van der Waals surface area (Å²) in [4.78, 5) is 35.4. The van der Waals surface area contributed by atoms with Crippen molar-refractivity contribution in [3.63, 3.8) is 0 Å². The van der Waals surface area contributed by atoms with Gasteiger partial charge in [0.05, 0.1) is 12.1 Å². The number of nitrogens with zero attached hydrogens (tertiary/aromatic N) is 1. The van der Waals surface area contributed by atoms with Crippen LogP contribution in [0.15, 0.2) is 24.3 Å². The molecule has 1 aromatic carbocycles. The molecule has 8 nitrogen and oxygen atoms in total. The number of unbranched alkanes of at least 4 members (excludes halogenated alkanes) is 1. The summed E-state index contributed by atoms with van der Waals surface area (Å²) < 4.78 is 0. The average molecular weight is 454 g/mol. The number of carbonyl (C=O) groups excluding carboxylic acids is 3. The van der Waals surface area contributed by atoms with E-state index in [1.54, 1.807) is 30.3 Å². The molecule has 1 aromatic rings. The first-order valence-corrected chi connectivity index (χ1v) is 11.9. The highest BCUT2D eigenvalue weighted by Crippen LogP contribution is 2.33. The summed E-state index contributed by atoms with van der Waals surface area (Å²) in [6.45, 7) is 0.467. The second kappa shape index (κ2) is 12.0. The number of nitriles is 1. The molecule has 2 saturated heterocycles. The maximum absolute atomic E-state index is 12.0. The van der Waals surface area contributed by atoms with E-state index in [2.05, 4.69) is 33.1 Å². The summed E-state index contributed by atoms with van der Waals surface area (Å²) >= 11 is 1.89. The zero-order valence-electron chi connectivity index (χ0n) is 17.8. The highest BCUT2D eigenvalue weighted by Gasteiger charge is 2.42. The van der Waals surface area contributed by atoms with E-state index in [0.29, 0.717) is 42.3 Å². The van der Waals surface area contributed by atoms with Crippen LogP contribution in [0.4, 0.5) is 10.5 Å². The Labute approximate surface area is 192 Å². The number of rotatable bonds is 10. The first-order chi connectivity index (χ1) is 15.5. The minimum atomic E-state index is -0.115. The van der Waals surface area contributed by atoms with Crippen molar-refractivity contribution in [1.82, 2.24) is 16.0 Å². The Morgan fingerprint density at radius 1 is 1.09 bits per heavy atom. The molecule has 32 heavy (non-hydrogen) atoms. The smallest absolute Gasteiger partial charge is 0.315 e. The van der Waals surface area contributed by atoms with Crippen LogP contribution in [0.25, 0.3) is 0 Å². The second-order valence-electron chi connectivity index (χ2n) is 7.81. The molecule has 0 bridgehead atoms. The van der Waals surface area contributed by atoms with Crippen LogP contribution >= 0.6 is 11.8 Å². The highest BCUT2D eigenvalue weighted by molar-refractivity contribution is 8.00. The molecule has 2 fully saturated rings. The van der Waals surface area contributed by atoms with Gasteiger partial charge >= 0.3 is 6.03 Å². The minimum absolute atomic E-state index is 0.00672. The van der Waals surface area contributed by atoms with Crippen molar-refractivity contribution in [2.24, 2.45) is 0 Å². The van der Waals surface area contributed by atoms with Crippen LogP contribution < -0.4 is 21.3 Å². The summed E-state index contributed by atoms with van der Waals surface area (Å²) in [5.41, 5.74) is 1.38. The lowest BCUT2D eigenvalue weighted by Crippen LogP contribution is -2.36. The molecule has 0 aromatic heterocycles. The van der Waals surface area contributed by atoms with Crippen molar-refractivity contribution >= 4 is 35.3 Å². The molecule has 0 radical (unpaired) electrons. The standard InChI is InChI=1S/C23H27N5O3S/c24-13-3-5-16-9-11-17(12-10-16)26-21(30)8-4-14-25-20(29)7-2-1-6-19-22-18(15-32-19)27-23(31)28-22/h9-12,18-19,22H,1-2,4,6-8,14-15H2,(H,25,29)(H,26,30)(H2,27,28,31)/t18-,19-,22-/m1/s1. The molecule has 0 spiro atoms. The van der Waals surface area contributed by atoms with Crippen LogP contribution in [0.3, 0.4) is 0 Å². The van der Waals surface area contributed by atoms with Gasteiger partial charge in [0.2, 0.25) is 11.8 Å². The van der Waals surface area contributed by atoms with Gasteiger partial charge in [-0.2, -0.15) is 17.0 Å². The predicted molar refractivity (Wildman–Crippen MR) is 124 cm³/mol. The van der Waals surface area contributed by atoms with Gasteiger partial charge < -0.3 is 21.3 Å². The van der Waals surface area contributed by atoms with E-state index < -0.39 is 0 Å². The molecule has 9 heteroatoms. The SMILES string of the molecule is N#CC#Cc1ccc(NC(=O)CCCNC(=O)CCCC[C@H]2SC[C@H]3NC(=O)N[C@H]32)cc1. The van der Waals surface area contributed by atoms with Gasteiger partial charge in [-0.15, -0.1) is 0 Å². The Kier molecular flexibility index (Phi) is 8.82.